The van der Waals surface area contributed by atoms with Crippen LogP contribution in [0.1, 0.15) is 16.7 Å². The van der Waals surface area contributed by atoms with E-state index in [1.807, 2.05) is 35.0 Å². The van der Waals surface area contributed by atoms with Crippen molar-refractivity contribution in [2.75, 3.05) is 0 Å². The molecule has 3 rings (SSSR count). The molecule has 6 heteroatoms. The van der Waals surface area contributed by atoms with Crippen molar-refractivity contribution < 1.29 is 9.18 Å². The quantitative estimate of drug-likeness (QED) is 0.726. The second-order valence-electron chi connectivity index (χ2n) is 5.71. The van der Waals surface area contributed by atoms with E-state index in [4.69, 9.17) is 0 Å². The molecule has 0 aliphatic heterocycles. The molecule has 2 N–H and O–H groups in total. The highest BCUT2D eigenvalue weighted by Crippen LogP contribution is 2.06. The van der Waals surface area contributed by atoms with E-state index in [-0.39, 0.29) is 11.8 Å². The highest BCUT2D eigenvalue weighted by atomic mass is 19.1. The van der Waals surface area contributed by atoms with Crippen LogP contribution in [0.3, 0.4) is 0 Å². The van der Waals surface area contributed by atoms with E-state index in [1.165, 1.54) is 17.7 Å². The van der Waals surface area contributed by atoms with Crippen LogP contribution < -0.4 is 10.6 Å². The van der Waals surface area contributed by atoms with Gasteiger partial charge in [-0.2, -0.15) is 0 Å². The first-order valence-electron chi connectivity index (χ1n) is 7.99. The molecule has 0 aliphatic rings. The van der Waals surface area contributed by atoms with Gasteiger partial charge in [0.2, 0.25) is 0 Å². The van der Waals surface area contributed by atoms with Crippen LogP contribution in [0.4, 0.5) is 9.18 Å². The Morgan fingerprint density at radius 2 is 1.48 bits per heavy atom. The molecule has 0 saturated carbocycles. The number of aromatic nitrogens is 2. The average Bonchev–Trinajstić information content (AvgIpc) is 3.14. The van der Waals surface area contributed by atoms with Crippen LogP contribution in [0.15, 0.2) is 67.3 Å². The maximum Gasteiger partial charge on any atom is 0.315 e. The lowest BCUT2D eigenvalue weighted by Crippen LogP contribution is -2.34. The zero-order valence-corrected chi connectivity index (χ0v) is 13.7. The number of rotatable bonds is 6. The van der Waals surface area contributed by atoms with E-state index in [0.29, 0.717) is 13.1 Å². The lowest BCUT2D eigenvalue weighted by Gasteiger charge is -2.09. The number of nitrogens with one attached hydrogen (secondary N) is 2. The van der Waals surface area contributed by atoms with Crippen molar-refractivity contribution in [3.05, 3.63) is 89.8 Å². The smallest absolute Gasteiger partial charge is 0.315 e. The van der Waals surface area contributed by atoms with Crippen molar-refractivity contribution in [3.63, 3.8) is 0 Å². The number of urea groups is 1. The van der Waals surface area contributed by atoms with Crippen LogP contribution in [-0.4, -0.2) is 15.6 Å². The summed E-state index contributed by atoms with van der Waals surface area (Å²) in [6.07, 6.45) is 5.45. The summed E-state index contributed by atoms with van der Waals surface area (Å²) in [5.41, 5.74) is 3.04. The van der Waals surface area contributed by atoms with Gasteiger partial charge in [0, 0.05) is 32.0 Å². The Labute approximate surface area is 145 Å². The number of nitrogens with zero attached hydrogens (tertiary/aromatic N) is 2. The van der Waals surface area contributed by atoms with Crippen LogP contribution >= 0.6 is 0 Å². The van der Waals surface area contributed by atoms with Crippen LogP contribution in [0.5, 0.6) is 0 Å². The molecule has 0 fully saturated rings. The molecule has 2 amide bonds. The lowest BCUT2D eigenvalue weighted by molar-refractivity contribution is 0.240. The average molecular weight is 338 g/mol. The summed E-state index contributed by atoms with van der Waals surface area (Å²) in [4.78, 5) is 15.8. The molecule has 0 radical (unpaired) electrons. The van der Waals surface area contributed by atoms with Gasteiger partial charge in [-0.05, 0) is 28.8 Å². The molecule has 128 valence electrons. The zero-order valence-electron chi connectivity index (χ0n) is 13.7. The van der Waals surface area contributed by atoms with E-state index >= 15 is 0 Å². The summed E-state index contributed by atoms with van der Waals surface area (Å²) in [5, 5.41) is 5.55. The number of benzene rings is 2. The van der Waals surface area contributed by atoms with Crippen molar-refractivity contribution in [1.82, 2.24) is 20.2 Å². The fraction of sp³-hybridized carbons (Fsp3) is 0.158. The minimum Gasteiger partial charge on any atom is -0.334 e. The van der Waals surface area contributed by atoms with Crippen molar-refractivity contribution in [2.24, 2.45) is 0 Å². The molecule has 0 aliphatic carbocycles. The van der Waals surface area contributed by atoms with Gasteiger partial charge >= 0.3 is 6.03 Å². The number of amides is 2. The van der Waals surface area contributed by atoms with E-state index in [9.17, 15) is 9.18 Å². The van der Waals surface area contributed by atoms with Gasteiger partial charge < -0.3 is 15.2 Å². The molecular formula is C19H19FN4O. The third-order valence-electron chi connectivity index (χ3n) is 3.77. The van der Waals surface area contributed by atoms with E-state index in [2.05, 4.69) is 15.6 Å². The molecule has 1 heterocycles. The molecule has 3 aromatic rings. The Kier molecular flexibility index (Phi) is 5.41. The minimum atomic E-state index is -0.287. The van der Waals surface area contributed by atoms with Crippen LogP contribution in [0, 0.1) is 5.82 Å². The Morgan fingerprint density at radius 3 is 2.04 bits per heavy atom. The second kappa shape index (κ2) is 8.10. The maximum absolute atomic E-state index is 12.8. The number of halogens is 1. The van der Waals surface area contributed by atoms with Crippen LogP contribution in [0.2, 0.25) is 0 Å². The second-order valence-corrected chi connectivity index (χ2v) is 5.71. The van der Waals surface area contributed by atoms with Gasteiger partial charge in [-0.15, -0.1) is 0 Å². The summed E-state index contributed by atoms with van der Waals surface area (Å²) in [5.74, 6) is -0.287. The molecule has 1 aromatic heterocycles. The molecule has 5 nitrogen and oxygen atoms in total. The largest absolute Gasteiger partial charge is 0.334 e. The lowest BCUT2D eigenvalue weighted by atomic mass is 10.1. The van der Waals surface area contributed by atoms with E-state index in [0.717, 1.165) is 17.7 Å². The Balaban J connectivity index is 1.43. The number of imidazole rings is 1. The minimum absolute atomic E-state index is 0.258. The normalized spacial score (nSPS) is 10.4. The van der Waals surface area contributed by atoms with E-state index < -0.39 is 0 Å². The molecule has 0 unspecified atom stereocenters. The molecule has 25 heavy (non-hydrogen) atoms. The van der Waals surface area contributed by atoms with E-state index in [1.54, 1.807) is 24.7 Å². The molecule has 2 aromatic carbocycles. The van der Waals surface area contributed by atoms with Gasteiger partial charge in [0.1, 0.15) is 5.82 Å². The van der Waals surface area contributed by atoms with Crippen molar-refractivity contribution in [2.45, 2.75) is 19.6 Å². The first-order chi connectivity index (χ1) is 12.2. The van der Waals surface area contributed by atoms with Gasteiger partial charge in [-0.1, -0.05) is 36.4 Å². The van der Waals surface area contributed by atoms with Gasteiger partial charge in [0.05, 0.1) is 6.33 Å². The first kappa shape index (κ1) is 16.7. The van der Waals surface area contributed by atoms with Gasteiger partial charge in [0.15, 0.2) is 0 Å². The van der Waals surface area contributed by atoms with Crippen molar-refractivity contribution in [1.29, 1.82) is 0 Å². The summed E-state index contributed by atoms with van der Waals surface area (Å²) in [6, 6.07) is 13.8. The number of carbonyl (C=O) groups excluding carboxylic acids is 1. The van der Waals surface area contributed by atoms with Crippen molar-refractivity contribution >= 4 is 6.03 Å². The first-order valence-corrected chi connectivity index (χ1v) is 7.99. The predicted octanol–water partition coefficient (Wildman–Crippen LogP) is 3.07. The summed E-state index contributed by atoms with van der Waals surface area (Å²) < 4.78 is 14.8. The SMILES string of the molecule is O=C(NCc1ccc(F)cc1)NCc1ccc(Cn2ccnc2)cc1. The fourth-order valence-corrected chi connectivity index (χ4v) is 2.38. The molecular weight excluding hydrogens is 319 g/mol. The highest BCUT2D eigenvalue weighted by molar-refractivity contribution is 5.73. The molecule has 0 atom stereocenters. The van der Waals surface area contributed by atoms with Gasteiger partial charge in [-0.25, -0.2) is 14.2 Å². The monoisotopic (exact) mass is 338 g/mol. The molecule has 0 bridgehead atoms. The maximum atomic E-state index is 12.8. The molecule has 0 saturated heterocycles. The number of hydrogen-bond acceptors (Lipinski definition) is 2. The number of carbonyl (C=O) groups is 1. The fourth-order valence-electron chi connectivity index (χ4n) is 2.38. The topological polar surface area (TPSA) is 59.0 Å². The zero-order chi connectivity index (χ0) is 17.5. The third-order valence-corrected chi connectivity index (χ3v) is 3.77. The van der Waals surface area contributed by atoms with Gasteiger partial charge in [0.25, 0.3) is 0 Å². The Bertz CT molecular complexity index is 798. The van der Waals surface area contributed by atoms with Crippen LogP contribution in [-0.2, 0) is 19.6 Å². The Morgan fingerprint density at radius 1 is 0.920 bits per heavy atom. The van der Waals surface area contributed by atoms with Gasteiger partial charge in [-0.3, -0.25) is 0 Å². The highest BCUT2D eigenvalue weighted by Gasteiger charge is 2.02. The van der Waals surface area contributed by atoms with Crippen LogP contribution in [0.25, 0.3) is 0 Å². The standard InChI is InChI=1S/C19H19FN4O/c20-18-7-5-16(6-8-18)12-23-19(25)22-11-15-1-3-17(4-2-15)13-24-10-9-21-14-24/h1-10,14H,11-13H2,(H2,22,23,25). The summed E-state index contributed by atoms with van der Waals surface area (Å²) in [7, 11) is 0. The van der Waals surface area contributed by atoms with Crippen molar-refractivity contribution in [3.8, 4) is 0 Å². The number of hydrogen-bond donors (Lipinski definition) is 2. The third kappa shape index (κ3) is 5.17. The Hall–Kier alpha value is -3.15. The summed E-state index contributed by atoms with van der Waals surface area (Å²) in [6.45, 7) is 1.57. The molecule has 0 spiro atoms. The predicted molar refractivity (Wildman–Crippen MR) is 93.2 cm³/mol. The summed E-state index contributed by atoms with van der Waals surface area (Å²) >= 11 is 0.